The van der Waals surface area contributed by atoms with Gasteiger partial charge in [0.1, 0.15) is 18.3 Å². The zero-order valence-electron chi connectivity index (χ0n) is 20.5. The van der Waals surface area contributed by atoms with Crippen LogP contribution in [0.3, 0.4) is 0 Å². The number of rotatable bonds is 6. The van der Waals surface area contributed by atoms with E-state index in [4.69, 9.17) is 9.72 Å². The average Bonchev–Trinajstić information content (AvgIpc) is 3.57. The first kappa shape index (κ1) is 22.8. The van der Waals surface area contributed by atoms with E-state index in [1.807, 2.05) is 66.7 Å². The highest BCUT2D eigenvalue weighted by Crippen LogP contribution is 2.30. The number of carbonyl (C=O) groups excluding carboxylic acids is 1. The first-order valence-electron chi connectivity index (χ1n) is 11.9. The van der Waals surface area contributed by atoms with Crippen LogP contribution in [0.2, 0.25) is 0 Å². The van der Waals surface area contributed by atoms with E-state index in [1.165, 1.54) is 6.33 Å². The summed E-state index contributed by atoms with van der Waals surface area (Å²) < 4.78 is 10.1. The lowest BCUT2D eigenvalue weighted by molar-refractivity contribution is 0.182. The molecule has 0 aliphatic carbocycles. The number of hydrogen-bond donors (Lipinski definition) is 1. The molecule has 1 unspecified atom stereocenters. The maximum Gasteiger partial charge on any atom is 0.318 e. The van der Waals surface area contributed by atoms with E-state index in [9.17, 15) is 4.79 Å². The van der Waals surface area contributed by atoms with Crippen molar-refractivity contribution in [2.24, 2.45) is 7.05 Å². The first-order valence-corrected chi connectivity index (χ1v) is 11.9. The van der Waals surface area contributed by atoms with Gasteiger partial charge in [0.05, 0.1) is 24.3 Å². The molecule has 2 atom stereocenters. The van der Waals surface area contributed by atoms with E-state index < -0.39 is 0 Å². The van der Waals surface area contributed by atoms with Gasteiger partial charge in [0.15, 0.2) is 11.2 Å². The van der Waals surface area contributed by atoms with Crippen molar-refractivity contribution in [3.63, 3.8) is 0 Å². The number of benzene rings is 1. The monoisotopic (exact) mass is 474 g/mol. The Morgan fingerprint density at radius 2 is 2.06 bits per heavy atom. The van der Waals surface area contributed by atoms with E-state index in [2.05, 4.69) is 27.3 Å². The van der Waals surface area contributed by atoms with Gasteiger partial charge in [-0.3, -0.25) is 4.68 Å². The van der Waals surface area contributed by atoms with Crippen molar-refractivity contribution in [2.75, 3.05) is 13.1 Å². The molecule has 0 spiro atoms. The predicted octanol–water partition coefficient (Wildman–Crippen LogP) is 3.48. The third-order valence-corrected chi connectivity index (χ3v) is 6.62. The molecule has 4 heterocycles. The van der Waals surface area contributed by atoms with Gasteiger partial charge in [0, 0.05) is 32.3 Å². The van der Waals surface area contributed by atoms with Crippen LogP contribution < -0.4 is 10.1 Å². The van der Waals surface area contributed by atoms with Gasteiger partial charge in [-0.25, -0.2) is 14.8 Å². The minimum Gasteiger partial charge on any atom is -0.471 e. The summed E-state index contributed by atoms with van der Waals surface area (Å²) >= 11 is 0. The molecule has 10 heteroatoms. The van der Waals surface area contributed by atoms with Crippen LogP contribution in [-0.2, 0) is 13.6 Å². The van der Waals surface area contributed by atoms with Crippen molar-refractivity contribution >= 4 is 17.2 Å². The summed E-state index contributed by atoms with van der Waals surface area (Å²) in [6.45, 7) is 7.98. The van der Waals surface area contributed by atoms with Crippen LogP contribution in [0.25, 0.3) is 22.6 Å². The van der Waals surface area contributed by atoms with Crippen LogP contribution >= 0.6 is 0 Å². The smallest absolute Gasteiger partial charge is 0.318 e. The molecule has 1 fully saturated rings. The quantitative estimate of drug-likeness (QED) is 0.459. The number of amides is 2. The van der Waals surface area contributed by atoms with Crippen molar-refractivity contribution in [3.05, 3.63) is 54.1 Å². The van der Waals surface area contributed by atoms with Gasteiger partial charge in [0.2, 0.25) is 5.88 Å². The Morgan fingerprint density at radius 3 is 2.80 bits per heavy atom. The Labute approximate surface area is 204 Å². The largest absolute Gasteiger partial charge is 0.471 e. The molecule has 4 aromatic rings. The molecule has 1 aromatic carbocycles. The third kappa shape index (κ3) is 4.31. The van der Waals surface area contributed by atoms with E-state index in [-0.39, 0.29) is 18.2 Å². The molecule has 0 bridgehead atoms. The second kappa shape index (κ2) is 9.36. The molecule has 10 nitrogen and oxygen atoms in total. The summed E-state index contributed by atoms with van der Waals surface area (Å²) in [6, 6.07) is 9.77. The molecule has 1 aliphatic heterocycles. The number of nitrogens with zero attached hydrogens (tertiary/aromatic N) is 7. The minimum absolute atomic E-state index is 0.0717. The molecular formula is C25H30N8O2. The van der Waals surface area contributed by atoms with E-state index in [1.54, 1.807) is 4.90 Å². The molecule has 2 amide bonds. The normalized spacial score (nSPS) is 16.6. The number of carbonyl (C=O) groups is 1. The molecule has 3 aromatic heterocycles. The molecule has 1 aliphatic rings. The fraction of sp³-hybridized carbons (Fsp3) is 0.400. The fourth-order valence-electron chi connectivity index (χ4n) is 4.56. The maximum atomic E-state index is 12.8. The highest BCUT2D eigenvalue weighted by molar-refractivity contribution is 5.81. The molecule has 0 radical (unpaired) electrons. The molecular weight excluding hydrogens is 444 g/mol. The van der Waals surface area contributed by atoms with Gasteiger partial charge in [-0.2, -0.15) is 10.1 Å². The highest BCUT2D eigenvalue weighted by Gasteiger charge is 2.30. The minimum atomic E-state index is -0.166. The van der Waals surface area contributed by atoms with Gasteiger partial charge in [-0.1, -0.05) is 30.3 Å². The molecule has 1 saturated heterocycles. The van der Waals surface area contributed by atoms with Gasteiger partial charge in [-0.15, -0.1) is 0 Å². The molecule has 35 heavy (non-hydrogen) atoms. The third-order valence-electron chi connectivity index (χ3n) is 6.62. The van der Waals surface area contributed by atoms with Crippen LogP contribution in [0, 0.1) is 6.92 Å². The van der Waals surface area contributed by atoms with Crippen molar-refractivity contribution in [2.45, 2.75) is 45.9 Å². The zero-order valence-corrected chi connectivity index (χ0v) is 20.5. The molecule has 182 valence electrons. The first-order chi connectivity index (χ1) is 17.0. The maximum absolute atomic E-state index is 12.8. The second-order valence-corrected chi connectivity index (χ2v) is 8.86. The fourth-order valence-corrected chi connectivity index (χ4v) is 4.56. The van der Waals surface area contributed by atoms with Gasteiger partial charge >= 0.3 is 6.03 Å². The van der Waals surface area contributed by atoms with Crippen LogP contribution in [-0.4, -0.2) is 59.4 Å². The van der Waals surface area contributed by atoms with E-state index >= 15 is 0 Å². The van der Waals surface area contributed by atoms with Crippen LogP contribution in [0.15, 0.2) is 42.9 Å². The number of urea groups is 1. The van der Waals surface area contributed by atoms with Crippen molar-refractivity contribution < 1.29 is 9.53 Å². The van der Waals surface area contributed by atoms with Crippen molar-refractivity contribution in [3.8, 4) is 17.3 Å². The SMILES string of the molecule is CCn1ncc(-c2nc3c(OC4CCN(C(=O)N[C@H](C)c5ccccc5)C4)ncnc3n2C)c1C. The van der Waals surface area contributed by atoms with E-state index in [0.717, 1.165) is 35.6 Å². The number of aryl methyl sites for hydroxylation is 2. The predicted molar refractivity (Wildman–Crippen MR) is 132 cm³/mol. The summed E-state index contributed by atoms with van der Waals surface area (Å²) in [6.07, 6.45) is 3.88. The lowest BCUT2D eigenvalue weighted by atomic mass is 10.1. The Kier molecular flexibility index (Phi) is 6.10. The summed E-state index contributed by atoms with van der Waals surface area (Å²) in [5.41, 5.74) is 4.37. The van der Waals surface area contributed by atoms with Gasteiger partial charge in [0.25, 0.3) is 0 Å². The zero-order chi connectivity index (χ0) is 24.5. The summed E-state index contributed by atoms with van der Waals surface area (Å²) in [5.74, 6) is 1.20. The number of ether oxygens (including phenoxy) is 1. The lowest BCUT2D eigenvalue weighted by Crippen LogP contribution is -2.40. The second-order valence-electron chi connectivity index (χ2n) is 8.86. The topological polar surface area (TPSA) is 103 Å². The Hall–Kier alpha value is -3.95. The standard InChI is InChI=1S/C25H30N8O2/c1-5-33-17(3)20(13-28-33)22-30-21-23(31(22)4)26-15-27-24(21)35-19-11-12-32(14-19)25(34)29-16(2)18-9-7-6-8-10-18/h6-10,13,15-16,19H,5,11-12,14H2,1-4H3,(H,29,34)/t16-,19?/m1/s1. The molecule has 5 rings (SSSR count). The van der Waals surface area contributed by atoms with Crippen molar-refractivity contribution in [1.82, 2.24) is 39.5 Å². The summed E-state index contributed by atoms with van der Waals surface area (Å²) in [4.78, 5) is 28.2. The number of aromatic nitrogens is 6. The lowest BCUT2D eigenvalue weighted by Gasteiger charge is -2.21. The van der Waals surface area contributed by atoms with Crippen molar-refractivity contribution in [1.29, 1.82) is 0 Å². The Bertz CT molecular complexity index is 1350. The molecule has 0 saturated carbocycles. The number of imidazole rings is 1. The van der Waals surface area contributed by atoms with Crippen LogP contribution in [0.5, 0.6) is 5.88 Å². The van der Waals surface area contributed by atoms with Gasteiger partial charge < -0.3 is 19.5 Å². The summed E-state index contributed by atoms with van der Waals surface area (Å²) in [5, 5.41) is 7.52. The number of likely N-dealkylation sites (tertiary alicyclic amines) is 1. The number of hydrogen-bond acceptors (Lipinski definition) is 6. The highest BCUT2D eigenvalue weighted by atomic mass is 16.5. The van der Waals surface area contributed by atoms with Gasteiger partial charge in [-0.05, 0) is 26.3 Å². The number of nitrogens with one attached hydrogen (secondary N) is 1. The van der Waals surface area contributed by atoms with Crippen LogP contribution in [0.4, 0.5) is 4.79 Å². The average molecular weight is 475 g/mol. The van der Waals surface area contributed by atoms with Crippen LogP contribution in [0.1, 0.15) is 37.6 Å². The van der Waals surface area contributed by atoms with E-state index in [0.29, 0.717) is 30.1 Å². The Balaban J connectivity index is 1.30. The molecule has 1 N–H and O–H groups in total. The number of fused-ring (bicyclic) bond motifs is 1. The summed E-state index contributed by atoms with van der Waals surface area (Å²) in [7, 11) is 1.93. The Morgan fingerprint density at radius 1 is 1.26 bits per heavy atom.